The Balaban J connectivity index is 2.20. The Labute approximate surface area is 113 Å². The van der Waals surface area contributed by atoms with Crippen molar-refractivity contribution < 1.29 is 4.39 Å². The molecule has 1 unspecified atom stereocenters. The fourth-order valence-corrected chi connectivity index (χ4v) is 2.55. The van der Waals surface area contributed by atoms with Gasteiger partial charge in [-0.15, -0.1) is 0 Å². The first-order valence-corrected chi connectivity index (χ1v) is 6.83. The summed E-state index contributed by atoms with van der Waals surface area (Å²) in [4.78, 5) is 2.37. The van der Waals surface area contributed by atoms with E-state index in [-0.39, 0.29) is 10.8 Å². The van der Waals surface area contributed by atoms with Crippen molar-refractivity contribution >= 4 is 22.9 Å². The Morgan fingerprint density at radius 2 is 2.17 bits per heavy atom. The van der Waals surface area contributed by atoms with E-state index < -0.39 is 0 Å². The molecule has 2 nitrogen and oxygen atoms in total. The Kier molecular flexibility index (Phi) is 4.17. The average Bonchev–Trinajstić information content (AvgIpc) is 2.54. The van der Waals surface area contributed by atoms with Gasteiger partial charge in [-0.05, 0) is 43.4 Å². The van der Waals surface area contributed by atoms with Crippen molar-refractivity contribution in [2.45, 2.75) is 26.2 Å². The van der Waals surface area contributed by atoms with Gasteiger partial charge >= 0.3 is 0 Å². The van der Waals surface area contributed by atoms with Gasteiger partial charge in [0.25, 0.3) is 0 Å². The summed E-state index contributed by atoms with van der Waals surface area (Å²) in [6.45, 7) is 4.11. The molecule has 4 heteroatoms. The van der Waals surface area contributed by atoms with Crippen molar-refractivity contribution in [3.8, 4) is 0 Å². The van der Waals surface area contributed by atoms with Gasteiger partial charge in [0.1, 0.15) is 10.8 Å². The smallest absolute Gasteiger partial charge is 0.147 e. The van der Waals surface area contributed by atoms with Crippen LogP contribution in [0.15, 0.2) is 18.2 Å². The van der Waals surface area contributed by atoms with Gasteiger partial charge in [0, 0.05) is 18.7 Å². The number of rotatable bonds is 2. The molecule has 0 bridgehead atoms. The number of benzene rings is 1. The molecule has 1 fully saturated rings. The molecule has 1 aliphatic heterocycles. The number of anilines is 1. The number of nitrogens with two attached hydrogens (primary N) is 1. The van der Waals surface area contributed by atoms with Gasteiger partial charge < -0.3 is 10.6 Å². The second kappa shape index (κ2) is 5.65. The summed E-state index contributed by atoms with van der Waals surface area (Å²) in [5.74, 6) is 0.504. The molecule has 0 spiro atoms. The van der Waals surface area contributed by atoms with Crippen LogP contribution in [0.25, 0.3) is 0 Å². The molecule has 1 aliphatic rings. The first-order chi connectivity index (χ1) is 8.58. The summed E-state index contributed by atoms with van der Waals surface area (Å²) >= 11 is 4.86. The molecule has 2 N–H and O–H groups in total. The largest absolute Gasteiger partial charge is 0.389 e. The van der Waals surface area contributed by atoms with Crippen LogP contribution in [-0.4, -0.2) is 18.1 Å². The van der Waals surface area contributed by atoms with Crippen LogP contribution in [0.3, 0.4) is 0 Å². The lowest BCUT2D eigenvalue weighted by atomic mass is 10.0. The van der Waals surface area contributed by atoms with Gasteiger partial charge in [-0.1, -0.05) is 19.1 Å². The van der Waals surface area contributed by atoms with Crippen molar-refractivity contribution in [2.75, 3.05) is 18.0 Å². The summed E-state index contributed by atoms with van der Waals surface area (Å²) < 4.78 is 14.1. The predicted molar refractivity (Wildman–Crippen MR) is 77.5 cm³/mol. The van der Waals surface area contributed by atoms with Crippen LogP contribution in [0.5, 0.6) is 0 Å². The minimum Gasteiger partial charge on any atom is -0.389 e. The maximum atomic E-state index is 14.1. The third-order valence-electron chi connectivity index (χ3n) is 3.59. The fraction of sp³-hybridized carbons (Fsp3) is 0.500. The van der Waals surface area contributed by atoms with Crippen LogP contribution in [0.1, 0.15) is 31.7 Å². The zero-order valence-electron chi connectivity index (χ0n) is 10.7. The lowest BCUT2D eigenvalue weighted by molar-refractivity contribution is 0.520. The third kappa shape index (κ3) is 2.99. The van der Waals surface area contributed by atoms with E-state index in [2.05, 4.69) is 11.8 Å². The Bertz CT molecular complexity index is 447. The molecule has 0 aliphatic carbocycles. The summed E-state index contributed by atoms with van der Waals surface area (Å²) in [5, 5.41) is 0. The predicted octanol–water partition coefficient (Wildman–Crippen LogP) is 3.09. The van der Waals surface area contributed by atoms with E-state index >= 15 is 0 Å². The lowest BCUT2D eigenvalue weighted by Gasteiger charge is -2.23. The molecule has 1 aromatic carbocycles. The second-order valence-corrected chi connectivity index (χ2v) is 5.49. The summed E-state index contributed by atoms with van der Waals surface area (Å²) in [5.41, 5.74) is 6.77. The molecule has 0 saturated carbocycles. The van der Waals surface area contributed by atoms with Crippen LogP contribution in [0.2, 0.25) is 0 Å². The average molecular weight is 266 g/mol. The molecule has 0 amide bonds. The SMILES string of the molecule is CC1CCCN(c2ccc(C(N)=S)cc2F)CC1. The number of nitrogens with zero attached hydrogens (tertiary/aromatic N) is 1. The van der Waals surface area contributed by atoms with Crippen molar-refractivity contribution in [3.05, 3.63) is 29.6 Å². The highest BCUT2D eigenvalue weighted by Crippen LogP contribution is 2.25. The maximum absolute atomic E-state index is 14.1. The molecule has 1 aromatic rings. The highest BCUT2D eigenvalue weighted by molar-refractivity contribution is 7.80. The van der Waals surface area contributed by atoms with E-state index in [1.807, 2.05) is 0 Å². The van der Waals surface area contributed by atoms with E-state index in [1.165, 1.54) is 12.5 Å². The maximum Gasteiger partial charge on any atom is 0.147 e. The van der Waals surface area contributed by atoms with Crippen LogP contribution in [-0.2, 0) is 0 Å². The third-order valence-corrected chi connectivity index (χ3v) is 3.83. The first kappa shape index (κ1) is 13.3. The number of thiocarbonyl (C=S) groups is 1. The summed E-state index contributed by atoms with van der Waals surface area (Å²) in [6.07, 6.45) is 3.47. The normalized spacial score (nSPS) is 20.6. The minimum absolute atomic E-state index is 0.227. The number of halogens is 1. The second-order valence-electron chi connectivity index (χ2n) is 5.05. The minimum atomic E-state index is -0.227. The monoisotopic (exact) mass is 266 g/mol. The summed E-state index contributed by atoms with van der Waals surface area (Å²) in [6, 6.07) is 5.03. The van der Waals surface area contributed by atoms with Crippen molar-refractivity contribution in [1.82, 2.24) is 0 Å². The molecule has 1 atom stereocenters. The zero-order valence-corrected chi connectivity index (χ0v) is 11.5. The zero-order chi connectivity index (χ0) is 13.1. The molecule has 1 saturated heterocycles. The van der Waals surface area contributed by atoms with Crippen molar-refractivity contribution in [2.24, 2.45) is 11.7 Å². The van der Waals surface area contributed by atoms with Crippen molar-refractivity contribution in [1.29, 1.82) is 0 Å². The van der Waals surface area contributed by atoms with Gasteiger partial charge in [-0.25, -0.2) is 4.39 Å². The molecule has 0 radical (unpaired) electrons. The van der Waals surface area contributed by atoms with Gasteiger partial charge in [-0.2, -0.15) is 0 Å². The Hall–Kier alpha value is -1.16. The van der Waals surface area contributed by atoms with Gasteiger partial charge in [0.15, 0.2) is 0 Å². The lowest BCUT2D eigenvalue weighted by Crippen LogP contribution is -2.25. The van der Waals surface area contributed by atoms with Crippen LogP contribution >= 0.6 is 12.2 Å². The topological polar surface area (TPSA) is 29.3 Å². The Morgan fingerprint density at radius 3 is 2.83 bits per heavy atom. The van der Waals surface area contributed by atoms with E-state index in [0.29, 0.717) is 11.3 Å². The van der Waals surface area contributed by atoms with Crippen molar-refractivity contribution in [3.63, 3.8) is 0 Å². The fourth-order valence-electron chi connectivity index (χ4n) is 2.42. The van der Waals surface area contributed by atoms with Crippen LogP contribution < -0.4 is 10.6 Å². The molecule has 0 aromatic heterocycles. The number of hydrogen-bond acceptors (Lipinski definition) is 2. The quantitative estimate of drug-likeness (QED) is 0.834. The van der Waals surface area contributed by atoms with E-state index in [0.717, 1.165) is 31.8 Å². The highest BCUT2D eigenvalue weighted by atomic mass is 32.1. The first-order valence-electron chi connectivity index (χ1n) is 6.42. The molecule has 98 valence electrons. The van der Waals surface area contributed by atoms with Gasteiger partial charge in [-0.3, -0.25) is 0 Å². The standard InChI is InChI=1S/C14H19FN2S/c1-10-3-2-7-17(8-6-10)13-5-4-11(14(16)18)9-12(13)15/h4-5,9-10H,2-3,6-8H2,1H3,(H2,16,18). The Morgan fingerprint density at radius 1 is 1.39 bits per heavy atom. The van der Waals surface area contributed by atoms with E-state index in [4.69, 9.17) is 18.0 Å². The highest BCUT2D eigenvalue weighted by Gasteiger charge is 2.17. The summed E-state index contributed by atoms with van der Waals surface area (Å²) in [7, 11) is 0. The molecular formula is C14H19FN2S. The van der Waals surface area contributed by atoms with Crippen LogP contribution in [0, 0.1) is 11.7 Å². The van der Waals surface area contributed by atoms with Gasteiger partial charge in [0.2, 0.25) is 0 Å². The van der Waals surface area contributed by atoms with E-state index in [1.54, 1.807) is 12.1 Å². The number of hydrogen-bond donors (Lipinski definition) is 1. The molecule has 18 heavy (non-hydrogen) atoms. The molecule has 2 rings (SSSR count). The molecule has 1 heterocycles. The molecular weight excluding hydrogens is 247 g/mol. The van der Waals surface area contributed by atoms with Gasteiger partial charge in [0.05, 0.1) is 5.69 Å². The van der Waals surface area contributed by atoms with Crippen LogP contribution in [0.4, 0.5) is 10.1 Å². The van der Waals surface area contributed by atoms with E-state index in [9.17, 15) is 4.39 Å².